The van der Waals surface area contributed by atoms with Crippen LogP contribution in [0.5, 0.6) is 0 Å². The Morgan fingerprint density at radius 2 is 1.71 bits per heavy atom. The van der Waals surface area contributed by atoms with E-state index in [9.17, 15) is 14.0 Å². The van der Waals surface area contributed by atoms with E-state index >= 15 is 0 Å². The van der Waals surface area contributed by atoms with Crippen LogP contribution in [-0.4, -0.2) is 34.7 Å². The highest BCUT2D eigenvalue weighted by molar-refractivity contribution is 5.96. The molecule has 31 heavy (non-hydrogen) atoms. The molecule has 0 spiro atoms. The third-order valence-corrected chi connectivity index (χ3v) is 4.89. The number of aryl methyl sites for hydroxylation is 1. The number of nitrogens with zero attached hydrogens (tertiary/aromatic N) is 2. The molecular weight excluding hydrogens is 395 g/mol. The molecule has 0 unspecified atom stereocenters. The Morgan fingerprint density at radius 1 is 0.935 bits per heavy atom. The molecule has 0 saturated carbocycles. The molecule has 0 saturated heterocycles. The summed E-state index contributed by atoms with van der Waals surface area (Å²) in [5, 5.41) is 0. The lowest BCUT2D eigenvalue weighted by atomic mass is 10.1. The van der Waals surface area contributed by atoms with Crippen LogP contribution in [-0.2, 0) is 17.9 Å². The Bertz CT molecular complexity index is 1020. The van der Waals surface area contributed by atoms with Gasteiger partial charge in [-0.2, -0.15) is 0 Å². The van der Waals surface area contributed by atoms with Gasteiger partial charge in [-0.15, -0.1) is 0 Å². The summed E-state index contributed by atoms with van der Waals surface area (Å²) in [5.41, 5.74) is 1.22. The summed E-state index contributed by atoms with van der Waals surface area (Å²) in [4.78, 5) is 29.3. The molecule has 3 rings (SSSR count). The molecule has 0 fully saturated rings. The average molecular weight is 423 g/mol. The van der Waals surface area contributed by atoms with Crippen molar-refractivity contribution in [1.29, 1.82) is 0 Å². The molecule has 3 aromatic rings. The van der Waals surface area contributed by atoms with Gasteiger partial charge in [0, 0.05) is 18.7 Å². The molecule has 0 bridgehead atoms. The van der Waals surface area contributed by atoms with Gasteiger partial charge in [0.1, 0.15) is 23.9 Å². The number of furan rings is 1. The van der Waals surface area contributed by atoms with E-state index in [1.165, 1.54) is 23.1 Å². The van der Waals surface area contributed by atoms with Crippen LogP contribution in [0.4, 0.5) is 4.39 Å². The first kappa shape index (κ1) is 22.3. The zero-order valence-electron chi connectivity index (χ0n) is 17.9. The van der Waals surface area contributed by atoms with Gasteiger partial charge < -0.3 is 14.2 Å². The monoisotopic (exact) mass is 422 g/mol. The number of hydrogen-bond donors (Lipinski definition) is 0. The van der Waals surface area contributed by atoms with Crippen LogP contribution in [0.3, 0.4) is 0 Å². The fourth-order valence-electron chi connectivity index (χ4n) is 3.38. The summed E-state index contributed by atoms with van der Waals surface area (Å²) in [6, 6.07) is 18.9. The number of carbonyl (C=O) groups excluding carboxylic acids is 2. The number of hydrogen-bond acceptors (Lipinski definition) is 3. The van der Waals surface area contributed by atoms with Crippen LogP contribution in [0.25, 0.3) is 0 Å². The lowest BCUT2D eigenvalue weighted by Crippen LogP contribution is -2.42. The fourth-order valence-corrected chi connectivity index (χ4v) is 3.38. The summed E-state index contributed by atoms with van der Waals surface area (Å²) in [6.45, 7) is 4.80. The van der Waals surface area contributed by atoms with Gasteiger partial charge in [-0.1, -0.05) is 43.3 Å². The summed E-state index contributed by atoms with van der Waals surface area (Å²) in [7, 11) is 0. The van der Waals surface area contributed by atoms with Crippen molar-refractivity contribution in [3.05, 3.63) is 95.2 Å². The van der Waals surface area contributed by atoms with Gasteiger partial charge in [0.15, 0.2) is 0 Å². The summed E-state index contributed by atoms with van der Waals surface area (Å²) in [6.07, 6.45) is 0.685. The maximum atomic E-state index is 13.6. The molecule has 0 N–H and O–H groups in total. The Labute approximate surface area is 182 Å². The lowest BCUT2D eigenvalue weighted by molar-refractivity contribution is -0.133. The van der Waals surface area contributed by atoms with Gasteiger partial charge >= 0.3 is 0 Å². The van der Waals surface area contributed by atoms with Crippen molar-refractivity contribution in [2.45, 2.75) is 33.4 Å². The van der Waals surface area contributed by atoms with Crippen molar-refractivity contribution in [1.82, 2.24) is 9.80 Å². The topological polar surface area (TPSA) is 53.8 Å². The number of halogens is 1. The maximum absolute atomic E-state index is 13.6. The van der Waals surface area contributed by atoms with E-state index < -0.39 is 5.82 Å². The van der Waals surface area contributed by atoms with Crippen molar-refractivity contribution in [2.24, 2.45) is 0 Å². The van der Waals surface area contributed by atoms with Crippen molar-refractivity contribution in [3.63, 3.8) is 0 Å². The van der Waals surface area contributed by atoms with Gasteiger partial charge in [0.05, 0.1) is 6.54 Å². The van der Waals surface area contributed by atoms with Gasteiger partial charge in [-0.25, -0.2) is 4.39 Å². The van der Waals surface area contributed by atoms with Crippen molar-refractivity contribution in [3.8, 4) is 0 Å². The van der Waals surface area contributed by atoms with Crippen molar-refractivity contribution >= 4 is 11.8 Å². The highest BCUT2D eigenvalue weighted by Gasteiger charge is 2.23. The summed E-state index contributed by atoms with van der Waals surface area (Å²) in [5.74, 6) is 0.420. The molecule has 5 nitrogen and oxygen atoms in total. The number of benzene rings is 2. The van der Waals surface area contributed by atoms with Gasteiger partial charge in [0.2, 0.25) is 5.91 Å². The van der Waals surface area contributed by atoms with Crippen LogP contribution < -0.4 is 0 Å². The van der Waals surface area contributed by atoms with Gasteiger partial charge in [-0.3, -0.25) is 9.59 Å². The number of carbonyl (C=O) groups is 2. The standard InChI is InChI=1S/C25H27FN2O3/c1-3-14-27(25(30)21-10-7-11-22(26)15-21)18-24(29)28(16-20-8-5-4-6-9-20)17-23-13-12-19(2)31-23/h4-13,15H,3,14,16-18H2,1-2H3. The first-order valence-corrected chi connectivity index (χ1v) is 10.4. The van der Waals surface area contributed by atoms with Crippen molar-refractivity contribution < 1.29 is 18.4 Å². The molecule has 0 radical (unpaired) electrons. The van der Waals surface area contributed by atoms with E-state index in [4.69, 9.17) is 4.42 Å². The molecule has 0 aliphatic carbocycles. The Hall–Kier alpha value is -3.41. The predicted molar refractivity (Wildman–Crippen MR) is 117 cm³/mol. The lowest BCUT2D eigenvalue weighted by Gasteiger charge is -2.27. The molecule has 2 amide bonds. The minimum absolute atomic E-state index is 0.0876. The molecular formula is C25H27FN2O3. The molecule has 6 heteroatoms. The molecule has 0 aliphatic heterocycles. The SMILES string of the molecule is CCCN(CC(=O)N(Cc1ccccc1)Cc1ccc(C)o1)C(=O)c1cccc(F)c1. The minimum Gasteiger partial charge on any atom is -0.464 e. The zero-order valence-corrected chi connectivity index (χ0v) is 17.9. The highest BCUT2D eigenvalue weighted by Crippen LogP contribution is 2.15. The van der Waals surface area contributed by atoms with E-state index in [0.29, 0.717) is 31.8 Å². The Balaban J connectivity index is 1.79. The Morgan fingerprint density at radius 3 is 2.35 bits per heavy atom. The summed E-state index contributed by atoms with van der Waals surface area (Å²) < 4.78 is 19.3. The van der Waals surface area contributed by atoms with E-state index in [1.807, 2.05) is 56.3 Å². The molecule has 0 atom stereocenters. The van der Waals surface area contributed by atoms with Gasteiger partial charge in [-0.05, 0) is 49.2 Å². The van der Waals surface area contributed by atoms with E-state index in [0.717, 1.165) is 11.3 Å². The van der Waals surface area contributed by atoms with Crippen LogP contribution in [0, 0.1) is 12.7 Å². The van der Waals surface area contributed by atoms with Crippen LogP contribution >= 0.6 is 0 Å². The zero-order chi connectivity index (χ0) is 22.2. The van der Waals surface area contributed by atoms with E-state index in [1.54, 1.807) is 11.0 Å². The quantitative estimate of drug-likeness (QED) is 0.497. The molecule has 1 heterocycles. The predicted octanol–water partition coefficient (Wildman–Crippen LogP) is 4.81. The maximum Gasteiger partial charge on any atom is 0.254 e. The molecule has 0 aliphatic rings. The largest absolute Gasteiger partial charge is 0.464 e. The summed E-state index contributed by atoms with van der Waals surface area (Å²) >= 11 is 0. The highest BCUT2D eigenvalue weighted by atomic mass is 19.1. The van der Waals surface area contributed by atoms with E-state index in [-0.39, 0.29) is 23.9 Å². The second-order valence-electron chi connectivity index (χ2n) is 7.48. The van der Waals surface area contributed by atoms with Crippen LogP contribution in [0.2, 0.25) is 0 Å². The second-order valence-corrected chi connectivity index (χ2v) is 7.48. The number of amides is 2. The first-order valence-electron chi connectivity index (χ1n) is 10.4. The molecule has 1 aromatic heterocycles. The van der Waals surface area contributed by atoms with Crippen LogP contribution in [0.1, 0.15) is 40.8 Å². The third kappa shape index (κ3) is 6.28. The normalized spacial score (nSPS) is 10.7. The molecule has 2 aromatic carbocycles. The second kappa shape index (κ2) is 10.6. The van der Waals surface area contributed by atoms with Crippen LogP contribution in [0.15, 0.2) is 71.1 Å². The fraction of sp³-hybridized carbons (Fsp3) is 0.280. The molecule has 162 valence electrons. The minimum atomic E-state index is -0.479. The van der Waals surface area contributed by atoms with Gasteiger partial charge in [0.25, 0.3) is 5.91 Å². The smallest absolute Gasteiger partial charge is 0.254 e. The van der Waals surface area contributed by atoms with E-state index in [2.05, 4.69) is 0 Å². The Kier molecular flexibility index (Phi) is 7.60. The number of rotatable bonds is 9. The first-order chi connectivity index (χ1) is 15.0. The van der Waals surface area contributed by atoms with Crippen molar-refractivity contribution in [2.75, 3.05) is 13.1 Å². The third-order valence-electron chi connectivity index (χ3n) is 4.89. The average Bonchev–Trinajstić information content (AvgIpc) is 3.17.